The monoisotopic (exact) mass is 446 g/mol. The Morgan fingerprint density at radius 2 is 1.77 bits per heavy atom. The van der Waals surface area contributed by atoms with E-state index in [1.54, 1.807) is 30.3 Å². The summed E-state index contributed by atoms with van der Waals surface area (Å²) >= 11 is 5.95. The average molecular weight is 447 g/mol. The molecule has 8 heteroatoms. The zero-order valence-electron chi connectivity index (χ0n) is 16.4. The molecule has 1 aromatic heterocycles. The van der Waals surface area contributed by atoms with E-state index in [9.17, 15) is 13.2 Å². The standard InChI is InChI=1S/C22H23ClN2O4S/c23-16-9-6-10-17(13-16)30(27,28)25-21-20(24-14-15-7-2-1-3-8-15)18-11-4-5-12-19(18)29-22(21)26/h4-6,9-13,15,24-25H,1-3,7-8,14H2. The summed E-state index contributed by atoms with van der Waals surface area (Å²) in [5.41, 5.74) is -0.0210. The van der Waals surface area contributed by atoms with Crippen LogP contribution in [0.15, 0.2) is 62.6 Å². The van der Waals surface area contributed by atoms with Gasteiger partial charge in [0.2, 0.25) is 0 Å². The van der Waals surface area contributed by atoms with Crippen molar-refractivity contribution >= 4 is 44.0 Å². The molecule has 0 unspecified atom stereocenters. The Balaban J connectivity index is 1.74. The lowest BCUT2D eigenvalue weighted by atomic mass is 9.89. The highest BCUT2D eigenvalue weighted by molar-refractivity contribution is 7.92. The van der Waals surface area contributed by atoms with Gasteiger partial charge >= 0.3 is 5.63 Å². The summed E-state index contributed by atoms with van der Waals surface area (Å²) in [5, 5.41) is 4.28. The summed E-state index contributed by atoms with van der Waals surface area (Å²) < 4.78 is 33.6. The van der Waals surface area contributed by atoms with Crippen LogP contribution in [0.2, 0.25) is 5.02 Å². The molecular weight excluding hydrogens is 424 g/mol. The molecule has 0 atom stereocenters. The maximum Gasteiger partial charge on any atom is 0.363 e. The van der Waals surface area contributed by atoms with Gasteiger partial charge in [0, 0.05) is 17.0 Å². The molecule has 158 valence electrons. The van der Waals surface area contributed by atoms with Crippen molar-refractivity contribution < 1.29 is 12.8 Å². The van der Waals surface area contributed by atoms with Gasteiger partial charge in [0.15, 0.2) is 5.69 Å². The van der Waals surface area contributed by atoms with Crippen LogP contribution in [0, 0.1) is 5.92 Å². The van der Waals surface area contributed by atoms with Crippen LogP contribution in [0.1, 0.15) is 32.1 Å². The van der Waals surface area contributed by atoms with Crippen LogP contribution in [0.25, 0.3) is 11.0 Å². The van der Waals surface area contributed by atoms with Gasteiger partial charge in [0.1, 0.15) is 5.58 Å². The van der Waals surface area contributed by atoms with E-state index in [0.717, 1.165) is 12.8 Å². The molecule has 2 aromatic carbocycles. The van der Waals surface area contributed by atoms with Crippen molar-refractivity contribution in [3.63, 3.8) is 0 Å². The summed E-state index contributed by atoms with van der Waals surface area (Å²) in [7, 11) is -4.03. The smallest absolute Gasteiger partial charge is 0.363 e. The molecular formula is C22H23ClN2O4S. The number of halogens is 1. The molecule has 1 fully saturated rings. The van der Waals surface area contributed by atoms with Crippen molar-refractivity contribution in [2.24, 2.45) is 5.92 Å². The van der Waals surface area contributed by atoms with E-state index >= 15 is 0 Å². The Labute approximate surface area is 180 Å². The number of sulfonamides is 1. The van der Waals surface area contributed by atoms with Crippen LogP contribution in [0.5, 0.6) is 0 Å². The largest absolute Gasteiger partial charge is 0.421 e. The summed E-state index contributed by atoms with van der Waals surface area (Å²) in [5.74, 6) is 0.488. The number of hydrogen-bond donors (Lipinski definition) is 2. The lowest BCUT2D eigenvalue weighted by Crippen LogP contribution is -2.23. The molecule has 0 bridgehead atoms. The second kappa shape index (κ2) is 8.70. The van der Waals surface area contributed by atoms with Crippen molar-refractivity contribution in [3.8, 4) is 0 Å². The first-order valence-electron chi connectivity index (χ1n) is 10.0. The minimum atomic E-state index is -4.03. The molecule has 6 nitrogen and oxygen atoms in total. The molecule has 0 radical (unpaired) electrons. The van der Waals surface area contributed by atoms with Crippen LogP contribution >= 0.6 is 11.6 Å². The van der Waals surface area contributed by atoms with E-state index < -0.39 is 15.6 Å². The van der Waals surface area contributed by atoms with E-state index in [2.05, 4.69) is 10.0 Å². The summed E-state index contributed by atoms with van der Waals surface area (Å²) in [6, 6.07) is 13.0. The van der Waals surface area contributed by atoms with Crippen molar-refractivity contribution in [1.29, 1.82) is 0 Å². The third kappa shape index (κ3) is 4.47. The Morgan fingerprint density at radius 3 is 2.53 bits per heavy atom. The second-order valence-electron chi connectivity index (χ2n) is 7.58. The lowest BCUT2D eigenvalue weighted by Gasteiger charge is -2.23. The fourth-order valence-corrected chi connectivity index (χ4v) is 5.26. The number of para-hydroxylation sites is 1. The number of benzene rings is 2. The fourth-order valence-electron chi connectivity index (χ4n) is 3.89. The second-order valence-corrected chi connectivity index (χ2v) is 9.70. The van der Waals surface area contributed by atoms with E-state index in [4.69, 9.17) is 16.0 Å². The normalized spacial score (nSPS) is 15.2. The predicted molar refractivity (Wildman–Crippen MR) is 120 cm³/mol. The first kappa shape index (κ1) is 20.8. The summed E-state index contributed by atoms with van der Waals surface area (Å²) in [6.45, 7) is 0.666. The first-order valence-corrected chi connectivity index (χ1v) is 11.9. The van der Waals surface area contributed by atoms with Gasteiger partial charge in [0.25, 0.3) is 10.0 Å². The van der Waals surface area contributed by atoms with E-state index in [0.29, 0.717) is 34.1 Å². The number of anilines is 2. The van der Waals surface area contributed by atoms with Crippen LogP contribution < -0.4 is 15.7 Å². The van der Waals surface area contributed by atoms with Crippen molar-refractivity contribution in [3.05, 3.63) is 64.0 Å². The molecule has 0 amide bonds. The Bertz CT molecular complexity index is 1220. The molecule has 1 heterocycles. The van der Waals surface area contributed by atoms with Crippen LogP contribution in [0.4, 0.5) is 11.4 Å². The van der Waals surface area contributed by atoms with Gasteiger partial charge in [-0.1, -0.05) is 49.1 Å². The number of nitrogens with one attached hydrogen (secondary N) is 2. The molecule has 30 heavy (non-hydrogen) atoms. The molecule has 1 saturated carbocycles. The Kier molecular flexibility index (Phi) is 6.01. The molecule has 4 rings (SSSR count). The van der Waals surface area contributed by atoms with Gasteiger partial charge in [-0.2, -0.15) is 0 Å². The number of rotatable bonds is 6. The van der Waals surface area contributed by atoms with E-state index in [1.165, 1.54) is 31.4 Å². The van der Waals surface area contributed by atoms with Crippen LogP contribution in [-0.4, -0.2) is 15.0 Å². The zero-order chi connectivity index (χ0) is 21.1. The van der Waals surface area contributed by atoms with E-state index in [1.807, 2.05) is 6.07 Å². The molecule has 0 saturated heterocycles. The van der Waals surface area contributed by atoms with E-state index in [-0.39, 0.29) is 10.6 Å². The maximum absolute atomic E-state index is 12.9. The number of hydrogen-bond acceptors (Lipinski definition) is 5. The highest BCUT2D eigenvalue weighted by Crippen LogP contribution is 2.32. The van der Waals surface area contributed by atoms with Gasteiger partial charge in [-0.3, -0.25) is 4.72 Å². The molecule has 0 spiro atoms. The summed E-state index contributed by atoms with van der Waals surface area (Å²) in [4.78, 5) is 12.7. The van der Waals surface area contributed by atoms with Crippen molar-refractivity contribution in [2.45, 2.75) is 37.0 Å². The summed E-state index contributed by atoms with van der Waals surface area (Å²) in [6.07, 6.45) is 5.88. The van der Waals surface area contributed by atoms with Crippen molar-refractivity contribution in [2.75, 3.05) is 16.6 Å². The molecule has 1 aliphatic rings. The van der Waals surface area contributed by atoms with Crippen LogP contribution in [-0.2, 0) is 10.0 Å². The topological polar surface area (TPSA) is 88.4 Å². The molecule has 3 aromatic rings. The SMILES string of the molecule is O=c1oc2ccccc2c(NCC2CCCCC2)c1NS(=O)(=O)c1cccc(Cl)c1. The number of fused-ring (bicyclic) bond motifs is 1. The first-order chi connectivity index (χ1) is 14.4. The highest BCUT2D eigenvalue weighted by Gasteiger charge is 2.23. The van der Waals surface area contributed by atoms with Gasteiger partial charge in [-0.25, -0.2) is 13.2 Å². The molecule has 2 N–H and O–H groups in total. The lowest BCUT2D eigenvalue weighted by molar-refractivity contribution is 0.373. The predicted octanol–water partition coefficient (Wildman–Crippen LogP) is 5.24. The molecule has 0 aliphatic heterocycles. The van der Waals surface area contributed by atoms with Crippen molar-refractivity contribution in [1.82, 2.24) is 0 Å². The molecule has 1 aliphatic carbocycles. The zero-order valence-corrected chi connectivity index (χ0v) is 17.9. The highest BCUT2D eigenvalue weighted by atomic mass is 35.5. The quantitative estimate of drug-likeness (QED) is 0.505. The minimum Gasteiger partial charge on any atom is -0.421 e. The van der Waals surface area contributed by atoms with Gasteiger partial charge in [-0.05, 0) is 49.1 Å². The Hall–Kier alpha value is -2.51. The van der Waals surface area contributed by atoms with Gasteiger partial charge < -0.3 is 9.73 Å². The third-order valence-electron chi connectivity index (χ3n) is 5.45. The third-order valence-corrected chi connectivity index (χ3v) is 7.03. The van der Waals surface area contributed by atoms with Gasteiger partial charge in [-0.15, -0.1) is 0 Å². The van der Waals surface area contributed by atoms with Crippen LogP contribution in [0.3, 0.4) is 0 Å². The fraction of sp³-hybridized carbons (Fsp3) is 0.318. The Morgan fingerprint density at radius 1 is 1.00 bits per heavy atom. The maximum atomic E-state index is 12.9. The average Bonchev–Trinajstić information content (AvgIpc) is 2.74. The minimum absolute atomic E-state index is 0.0270. The van der Waals surface area contributed by atoms with Gasteiger partial charge in [0.05, 0.1) is 10.6 Å².